The van der Waals surface area contributed by atoms with Crippen LogP contribution in [0.25, 0.3) is 0 Å². The quantitative estimate of drug-likeness (QED) is 0.698. The van der Waals surface area contributed by atoms with Crippen LogP contribution in [0.1, 0.15) is 61.3 Å². The van der Waals surface area contributed by atoms with Crippen LogP contribution in [0.5, 0.6) is 0 Å². The Bertz CT molecular complexity index is 310. The summed E-state index contributed by atoms with van der Waals surface area (Å²) < 4.78 is 0. The van der Waals surface area contributed by atoms with Crippen LogP contribution in [0.2, 0.25) is 0 Å². The van der Waals surface area contributed by atoms with Gasteiger partial charge in [0.15, 0.2) is 0 Å². The van der Waals surface area contributed by atoms with E-state index >= 15 is 0 Å². The molecule has 0 aromatic rings. The highest BCUT2D eigenvalue weighted by Crippen LogP contribution is 2.37. The minimum Gasteiger partial charge on any atom is -0.333 e. The number of nitrogens with zero attached hydrogens (tertiary/aromatic N) is 1. The second-order valence-electron chi connectivity index (χ2n) is 7.81. The molecule has 2 amide bonds. The standard InChI is InChI=1S/C14H29N3O/c1-12(2,3)16-11(18)17-13(4,5)8-10(15)9-14(17,6)7/h10H,8-9,15H2,1-7H3,(H,16,18). The minimum absolute atomic E-state index is 0.00407. The highest BCUT2D eigenvalue weighted by atomic mass is 16.2. The van der Waals surface area contributed by atoms with E-state index < -0.39 is 0 Å². The Hall–Kier alpha value is -0.770. The second kappa shape index (κ2) is 4.41. The Morgan fingerprint density at radius 1 is 1.17 bits per heavy atom. The summed E-state index contributed by atoms with van der Waals surface area (Å²) in [5.41, 5.74) is 5.47. The Kier molecular flexibility index (Phi) is 3.74. The van der Waals surface area contributed by atoms with Crippen molar-refractivity contribution in [1.29, 1.82) is 0 Å². The van der Waals surface area contributed by atoms with Crippen LogP contribution < -0.4 is 11.1 Å². The van der Waals surface area contributed by atoms with E-state index in [1.807, 2.05) is 25.7 Å². The van der Waals surface area contributed by atoms with E-state index in [9.17, 15) is 4.79 Å². The van der Waals surface area contributed by atoms with Crippen molar-refractivity contribution in [3.05, 3.63) is 0 Å². The van der Waals surface area contributed by atoms with E-state index in [0.29, 0.717) is 0 Å². The zero-order chi connectivity index (χ0) is 14.4. The summed E-state index contributed by atoms with van der Waals surface area (Å²) in [6.45, 7) is 14.4. The van der Waals surface area contributed by atoms with Crippen LogP contribution in [0.3, 0.4) is 0 Å². The molecule has 1 aliphatic rings. The largest absolute Gasteiger partial charge is 0.333 e. The Morgan fingerprint density at radius 3 is 1.89 bits per heavy atom. The van der Waals surface area contributed by atoms with Gasteiger partial charge in [-0.3, -0.25) is 0 Å². The average Bonchev–Trinajstić information content (AvgIpc) is 1.90. The molecule has 0 radical (unpaired) electrons. The van der Waals surface area contributed by atoms with Gasteiger partial charge in [0.05, 0.1) is 0 Å². The van der Waals surface area contributed by atoms with Crippen LogP contribution in [-0.2, 0) is 0 Å². The van der Waals surface area contributed by atoms with Gasteiger partial charge < -0.3 is 16.0 Å². The molecule has 0 bridgehead atoms. The summed E-state index contributed by atoms with van der Waals surface area (Å²) in [7, 11) is 0. The van der Waals surface area contributed by atoms with Gasteiger partial charge in [-0.25, -0.2) is 4.79 Å². The van der Waals surface area contributed by atoms with Crippen molar-refractivity contribution in [2.45, 2.75) is 84.0 Å². The first-order valence-electron chi connectivity index (χ1n) is 6.73. The molecule has 3 N–H and O–H groups in total. The zero-order valence-electron chi connectivity index (χ0n) is 12.9. The normalized spacial score (nSPS) is 23.9. The molecule has 1 saturated heterocycles. The fraction of sp³-hybridized carbons (Fsp3) is 0.929. The van der Waals surface area contributed by atoms with Crippen LogP contribution in [0, 0.1) is 0 Å². The number of hydrogen-bond donors (Lipinski definition) is 2. The summed E-state index contributed by atoms with van der Waals surface area (Å²) in [4.78, 5) is 14.5. The maximum absolute atomic E-state index is 12.5. The number of hydrogen-bond acceptors (Lipinski definition) is 2. The SMILES string of the molecule is CC(C)(C)NC(=O)N1C(C)(C)CC(N)CC1(C)C. The molecule has 4 nitrogen and oxygen atoms in total. The Morgan fingerprint density at radius 2 is 1.56 bits per heavy atom. The van der Waals surface area contributed by atoms with E-state index in [4.69, 9.17) is 5.73 Å². The maximum atomic E-state index is 12.5. The van der Waals surface area contributed by atoms with Gasteiger partial charge in [0.2, 0.25) is 0 Å². The van der Waals surface area contributed by atoms with Gasteiger partial charge in [0.1, 0.15) is 0 Å². The second-order valence-corrected chi connectivity index (χ2v) is 7.81. The first kappa shape index (κ1) is 15.3. The summed E-state index contributed by atoms with van der Waals surface area (Å²) in [6.07, 6.45) is 1.68. The summed E-state index contributed by atoms with van der Waals surface area (Å²) >= 11 is 0. The number of urea groups is 1. The lowest BCUT2D eigenvalue weighted by Gasteiger charge is -2.55. The van der Waals surface area contributed by atoms with Gasteiger partial charge in [0, 0.05) is 22.7 Å². The molecule has 0 aromatic heterocycles. The number of amides is 2. The third-order valence-corrected chi connectivity index (χ3v) is 3.42. The number of nitrogens with two attached hydrogens (primary N) is 1. The van der Waals surface area contributed by atoms with Crippen LogP contribution in [-0.4, -0.2) is 33.6 Å². The molecule has 0 unspecified atom stereocenters. The number of piperidine rings is 1. The molecular weight excluding hydrogens is 226 g/mol. The molecule has 18 heavy (non-hydrogen) atoms. The first-order valence-corrected chi connectivity index (χ1v) is 6.73. The molecule has 4 heteroatoms. The van der Waals surface area contributed by atoms with Crippen molar-refractivity contribution in [3.63, 3.8) is 0 Å². The lowest BCUT2D eigenvalue weighted by atomic mass is 9.77. The average molecular weight is 255 g/mol. The van der Waals surface area contributed by atoms with E-state index in [1.165, 1.54) is 0 Å². The van der Waals surface area contributed by atoms with Crippen molar-refractivity contribution in [3.8, 4) is 0 Å². The third kappa shape index (κ3) is 3.37. The molecule has 0 saturated carbocycles. The molecular formula is C14H29N3O. The van der Waals surface area contributed by atoms with E-state index in [-0.39, 0.29) is 28.7 Å². The molecule has 0 atom stereocenters. The monoisotopic (exact) mass is 255 g/mol. The summed E-state index contributed by atoms with van der Waals surface area (Å²) in [5.74, 6) is 0. The van der Waals surface area contributed by atoms with Crippen molar-refractivity contribution in [1.82, 2.24) is 10.2 Å². The van der Waals surface area contributed by atoms with Gasteiger partial charge in [-0.05, 0) is 61.3 Å². The van der Waals surface area contributed by atoms with Gasteiger partial charge in [-0.15, -0.1) is 0 Å². The first-order chi connectivity index (χ1) is 7.85. The topological polar surface area (TPSA) is 58.4 Å². The van der Waals surface area contributed by atoms with E-state index in [2.05, 4.69) is 33.0 Å². The summed E-state index contributed by atoms with van der Waals surface area (Å²) in [5, 5.41) is 3.06. The third-order valence-electron chi connectivity index (χ3n) is 3.42. The molecule has 0 aromatic carbocycles. The van der Waals surface area contributed by atoms with Crippen molar-refractivity contribution in [2.24, 2.45) is 5.73 Å². The Balaban J connectivity index is 2.99. The number of rotatable bonds is 0. The van der Waals surface area contributed by atoms with E-state index in [1.54, 1.807) is 0 Å². The molecule has 0 spiro atoms. The van der Waals surface area contributed by atoms with E-state index in [0.717, 1.165) is 12.8 Å². The van der Waals surface area contributed by atoms with Crippen LogP contribution >= 0.6 is 0 Å². The predicted molar refractivity (Wildman–Crippen MR) is 75.5 cm³/mol. The minimum atomic E-state index is -0.219. The lowest BCUT2D eigenvalue weighted by molar-refractivity contribution is 0.00103. The molecule has 1 aliphatic heterocycles. The number of carbonyl (C=O) groups excluding carboxylic acids is 1. The van der Waals surface area contributed by atoms with Crippen molar-refractivity contribution in [2.75, 3.05) is 0 Å². The van der Waals surface area contributed by atoms with Crippen molar-refractivity contribution >= 4 is 6.03 Å². The molecule has 0 aliphatic carbocycles. The number of nitrogens with one attached hydrogen (secondary N) is 1. The molecule has 106 valence electrons. The molecule has 1 fully saturated rings. The lowest BCUT2D eigenvalue weighted by Crippen LogP contribution is -2.68. The highest BCUT2D eigenvalue weighted by Gasteiger charge is 2.47. The fourth-order valence-corrected chi connectivity index (χ4v) is 3.28. The van der Waals surface area contributed by atoms with Gasteiger partial charge in [-0.2, -0.15) is 0 Å². The van der Waals surface area contributed by atoms with Crippen LogP contribution in [0.15, 0.2) is 0 Å². The highest BCUT2D eigenvalue weighted by molar-refractivity contribution is 5.77. The number of likely N-dealkylation sites (tertiary alicyclic amines) is 1. The number of carbonyl (C=O) groups is 1. The van der Waals surface area contributed by atoms with Crippen molar-refractivity contribution < 1.29 is 4.79 Å². The smallest absolute Gasteiger partial charge is 0.318 e. The molecule has 1 heterocycles. The Labute approximate surface area is 111 Å². The van der Waals surface area contributed by atoms with Gasteiger partial charge in [-0.1, -0.05) is 0 Å². The zero-order valence-corrected chi connectivity index (χ0v) is 12.9. The summed E-state index contributed by atoms with van der Waals surface area (Å²) in [6, 6.07) is 0.165. The maximum Gasteiger partial charge on any atom is 0.318 e. The van der Waals surface area contributed by atoms with Gasteiger partial charge in [0.25, 0.3) is 0 Å². The fourth-order valence-electron chi connectivity index (χ4n) is 3.28. The van der Waals surface area contributed by atoms with Gasteiger partial charge >= 0.3 is 6.03 Å². The van der Waals surface area contributed by atoms with Crippen LogP contribution in [0.4, 0.5) is 4.79 Å². The molecule has 1 rings (SSSR count). The predicted octanol–water partition coefficient (Wildman–Crippen LogP) is 2.47.